The largest absolute Gasteiger partial charge is 0.478 e. The van der Waals surface area contributed by atoms with Crippen molar-refractivity contribution in [3.63, 3.8) is 0 Å². The van der Waals surface area contributed by atoms with Crippen LogP contribution in [0, 0.1) is 5.92 Å². The molecule has 0 radical (unpaired) electrons. The fraction of sp³-hybridized carbons (Fsp3) is 0.435. The highest BCUT2D eigenvalue weighted by Crippen LogP contribution is 2.32. The minimum Gasteiger partial charge on any atom is -0.478 e. The van der Waals surface area contributed by atoms with Gasteiger partial charge in [0, 0.05) is 48.2 Å². The zero-order chi connectivity index (χ0) is 19.3. The normalized spacial score (nSPS) is 17.1. The van der Waals surface area contributed by atoms with Crippen LogP contribution in [0.4, 0.5) is 5.69 Å². The molecule has 0 saturated carbocycles. The van der Waals surface area contributed by atoms with E-state index < -0.39 is 0 Å². The number of unbranched alkanes of at least 4 members (excludes halogenated alkanes) is 1. The van der Waals surface area contributed by atoms with E-state index >= 15 is 0 Å². The van der Waals surface area contributed by atoms with Crippen LogP contribution in [-0.2, 0) is 0 Å². The Balaban J connectivity index is 1.67. The van der Waals surface area contributed by atoms with Gasteiger partial charge in [-0.1, -0.05) is 20.3 Å². The molecule has 3 heterocycles. The summed E-state index contributed by atoms with van der Waals surface area (Å²) in [6, 6.07) is 10.2. The summed E-state index contributed by atoms with van der Waals surface area (Å²) in [6.45, 7) is 7.37. The van der Waals surface area contributed by atoms with Crippen LogP contribution in [0.15, 0.2) is 42.7 Å². The number of pyridine rings is 1. The first kappa shape index (κ1) is 18.7. The molecule has 1 saturated heterocycles. The molecule has 2 aromatic heterocycles. The first-order valence-corrected chi connectivity index (χ1v) is 10.3. The maximum Gasteiger partial charge on any atom is 0.216 e. The molecule has 0 bridgehead atoms. The SMILES string of the molecule is CCCCOc1ccnc(-c2ccc3nccc(N4CCCC(C)C4)c3c2)n1. The third kappa shape index (κ3) is 4.08. The lowest BCUT2D eigenvalue weighted by Gasteiger charge is -2.33. The lowest BCUT2D eigenvalue weighted by Crippen LogP contribution is -2.34. The summed E-state index contributed by atoms with van der Waals surface area (Å²) < 4.78 is 5.76. The van der Waals surface area contributed by atoms with Gasteiger partial charge in [-0.25, -0.2) is 4.98 Å². The summed E-state index contributed by atoms with van der Waals surface area (Å²) in [4.78, 5) is 16.1. The van der Waals surface area contributed by atoms with Gasteiger partial charge in [0.2, 0.25) is 5.88 Å². The minimum atomic E-state index is 0.634. The molecule has 146 valence electrons. The van der Waals surface area contributed by atoms with Crippen LogP contribution in [0.5, 0.6) is 5.88 Å². The van der Waals surface area contributed by atoms with E-state index in [0.717, 1.165) is 48.3 Å². The second kappa shape index (κ2) is 8.55. The molecular formula is C23H28N4O. The van der Waals surface area contributed by atoms with E-state index in [9.17, 15) is 0 Å². The first-order chi connectivity index (χ1) is 13.7. The molecule has 0 N–H and O–H groups in total. The number of nitrogens with zero attached hydrogens (tertiary/aromatic N) is 4. The van der Waals surface area contributed by atoms with Gasteiger partial charge in [-0.05, 0) is 49.4 Å². The van der Waals surface area contributed by atoms with Gasteiger partial charge >= 0.3 is 0 Å². The van der Waals surface area contributed by atoms with E-state index in [1.165, 1.54) is 18.5 Å². The Labute approximate surface area is 166 Å². The number of aromatic nitrogens is 3. The number of ether oxygens (including phenoxy) is 1. The molecule has 4 rings (SSSR count). The van der Waals surface area contributed by atoms with Gasteiger partial charge in [0.25, 0.3) is 0 Å². The van der Waals surface area contributed by atoms with Crippen molar-refractivity contribution in [1.82, 2.24) is 15.0 Å². The van der Waals surface area contributed by atoms with Crippen LogP contribution < -0.4 is 9.64 Å². The van der Waals surface area contributed by atoms with Gasteiger partial charge in [-0.2, -0.15) is 4.98 Å². The lowest BCUT2D eigenvalue weighted by molar-refractivity contribution is 0.297. The zero-order valence-electron chi connectivity index (χ0n) is 16.8. The van der Waals surface area contributed by atoms with Crippen LogP contribution in [0.1, 0.15) is 39.5 Å². The highest BCUT2D eigenvalue weighted by Gasteiger charge is 2.19. The molecule has 1 aromatic carbocycles. The van der Waals surface area contributed by atoms with Gasteiger partial charge in [0.05, 0.1) is 12.1 Å². The van der Waals surface area contributed by atoms with Crippen molar-refractivity contribution in [3.05, 3.63) is 42.7 Å². The number of rotatable bonds is 6. The summed E-state index contributed by atoms with van der Waals surface area (Å²) >= 11 is 0. The smallest absolute Gasteiger partial charge is 0.216 e. The minimum absolute atomic E-state index is 0.634. The maximum absolute atomic E-state index is 5.76. The summed E-state index contributed by atoms with van der Waals surface area (Å²) in [5, 5.41) is 1.16. The molecule has 1 aliphatic rings. The Kier molecular flexibility index (Phi) is 5.70. The second-order valence-electron chi connectivity index (χ2n) is 7.68. The quantitative estimate of drug-likeness (QED) is 0.560. The van der Waals surface area contributed by atoms with Crippen LogP contribution in [0.25, 0.3) is 22.3 Å². The molecular weight excluding hydrogens is 348 g/mol. The van der Waals surface area contributed by atoms with E-state index in [-0.39, 0.29) is 0 Å². The molecule has 0 spiro atoms. The van der Waals surface area contributed by atoms with Crippen molar-refractivity contribution in [2.24, 2.45) is 5.92 Å². The number of hydrogen-bond donors (Lipinski definition) is 0. The summed E-state index contributed by atoms with van der Waals surface area (Å²) in [7, 11) is 0. The number of benzene rings is 1. The molecule has 1 aliphatic heterocycles. The van der Waals surface area contributed by atoms with Gasteiger partial charge in [-0.15, -0.1) is 0 Å². The molecule has 1 atom stereocenters. The van der Waals surface area contributed by atoms with E-state index in [0.29, 0.717) is 18.3 Å². The van der Waals surface area contributed by atoms with Crippen molar-refractivity contribution < 1.29 is 4.74 Å². The van der Waals surface area contributed by atoms with Crippen LogP contribution in [0.2, 0.25) is 0 Å². The van der Waals surface area contributed by atoms with E-state index in [1.807, 2.05) is 18.3 Å². The summed E-state index contributed by atoms with van der Waals surface area (Å²) in [5.41, 5.74) is 3.26. The van der Waals surface area contributed by atoms with Crippen LogP contribution >= 0.6 is 0 Å². The van der Waals surface area contributed by atoms with Gasteiger partial charge in [0.1, 0.15) is 0 Å². The van der Waals surface area contributed by atoms with Gasteiger partial charge < -0.3 is 9.64 Å². The fourth-order valence-corrected chi connectivity index (χ4v) is 3.84. The Bertz CT molecular complexity index is 943. The standard InChI is InChI=1S/C23H28N4O/c1-3-4-14-28-22-10-12-25-23(26-22)18-7-8-20-19(15-18)21(9-11-24-20)27-13-5-6-17(2)16-27/h7-12,15,17H,3-6,13-14,16H2,1-2H3. The van der Waals surface area contributed by atoms with Crippen molar-refractivity contribution in [3.8, 4) is 17.3 Å². The Morgan fingerprint density at radius 2 is 2.04 bits per heavy atom. The van der Waals surface area contributed by atoms with Gasteiger partial charge in [-0.3, -0.25) is 4.98 Å². The zero-order valence-corrected chi connectivity index (χ0v) is 16.8. The van der Waals surface area contributed by atoms with Crippen molar-refractivity contribution in [1.29, 1.82) is 0 Å². The predicted molar refractivity (Wildman–Crippen MR) is 114 cm³/mol. The maximum atomic E-state index is 5.76. The molecule has 3 aromatic rings. The number of hydrogen-bond acceptors (Lipinski definition) is 5. The average molecular weight is 377 g/mol. The highest BCUT2D eigenvalue weighted by atomic mass is 16.5. The van der Waals surface area contributed by atoms with E-state index in [4.69, 9.17) is 4.74 Å². The predicted octanol–water partition coefficient (Wildman–Crippen LogP) is 5.11. The fourth-order valence-electron chi connectivity index (χ4n) is 3.84. The first-order valence-electron chi connectivity index (χ1n) is 10.3. The number of piperidine rings is 1. The topological polar surface area (TPSA) is 51.1 Å². The monoisotopic (exact) mass is 376 g/mol. The van der Waals surface area contributed by atoms with Crippen LogP contribution in [-0.4, -0.2) is 34.6 Å². The van der Waals surface area contributed by atoms with Crippen LogP contribution in [0.3, 0.4) is 0 Å². The van der Waals surface area contributed by atoms with Crippen molar-refractivity contribution >= 4 is 16.6 Å². The second-order valence-corrected chi connectivity index (χ2v) is 7.68. The number of anilines is 1. The Hall–Kier alpha value is -2.69. The molecule has 5 heteroatoms. The molecule has 0 amide bonds. The average Bonchev–Trinajstić information content (AvgIpc) is 2.73. The summed E-state index contributed by atoms with van der Waals surface area (Å²) in [6.07, 6.45) is 8.36. The molecule has 0 aliphatic carbocycles. The molecule has 1 unspecified atom stereocenters. The van der Waals surface area contributed by atoms with Crippen molar-refractivity contribution in [2.45, 2.75) is 39.5 Å². The third-order valence-electron chi connectivity index (χ3n) is 5.35. The van der Waals surface area contributed by atoms with E-state index in [1.54, 1.807) is 6.20 Å². The molecule has 28 heavy (non-hydrogen) atoms. The van der Waals surface area contributed by atoms with E-state index in [2.05, 4.69) is 51.9 Å². The summed E-state index contributed by atoms with van der Waals surface area (Å²) in [5.74, 6) is 2.05. The van der Waals surface area contributed by atoms with Crippen molar-refractivity contribution in [2.75, 3.05) is 24.6 Å². The molecule has 1 fully saturated rings. The van der Waals surface area contributed by atoms with Gasteiger partial charge in [0.15, 0.2) is 5.82 Å². The molecule has 5 nitrogen and oxygen atoms in total. The third-order valence-corrected chi connectivity index (χ3v) is 5.35. The Morgan fingerprint density at radius 3 is 2.89 bits per heavy atom. The lowest BCUT2D eigenvalue weighted by atomic mass is 9.99. The number of fused-ring (bicyclic) bond motifs is 1. The Morgan fingerprint density at radius 1 is 1.14 bits per heavy atom. The highest BCUT2D eigenvalue weighted by molar-refractivity contribution is 5.94.